The lowest BCUT2D eigenvalue weighted by atomic mass is 10.1. The molecule has 0 saturated heterocycles. The van der Waals surface area contributed by atoms with Gasteiger partial charge in [-0.1, -0.05) is 53.8 Å². The van der Waals surface area contributed by atoms with Gasteiger partial charge in [-0.15, -0.1) is 5.10 Å². The smallest absolute Gasteiger partial charge is 0.116 e. The van der Waals surface area contributed by atoms with Gasteiger partial charge >= 0.3 is 0 Å². The molecule has 3 rings (SSSR count). The van der Waals surface area contributed by atoms with Crippen LogP contribution in [-0.2, 0) is 6.61 Å². The number of benzene rings is 2. The standard InChI is InChI=1S/C19H19N3O/c1-14-7-6-10-18(15(14)2)22-19(17(13-23)20-21-22)12-11-16-8-4-3-5-9-16/h3-12,23H,13H2,1-2H3/b12-11+. The Morgan fingerprint density at radius 2 is 1.78 bits per heavy atom. The van der Waals surface area contributed by atoms with Gasteiger partial charge in [0.15, 0.2) is 0 Å². The van der Waals surface area contributed by atoms with E-state index in [0.29, 0.717) is 5.69 Å². The molecule has 0 fully saturated rings. The summed E-state index contributed by atoms with van der Waals surface area (Å²) in [6.45, 7) is 4.00. The van der Waals surface area contributed by atoms with Crippen molar-refractivity contribution in [2.75, 3.05) is 0 Å². The number of aromatic nitrogens is 3. The Labute approximate surface area is 135 Å². The van der Waals surface area contributed by atoms with Crippen LogP contribution in [0.15, 0.2) is 48.5 Å². The molecule has 0 saturated carbocycles. The third-order valence-electron chi connectivity index (χ3n) is 3.97. The molecule has 0 spiro atoms. The van der Waals surface area contributed by atoms with Crippen molar-refractivity contribution >= 4 is 12.2 Å². The molecule has 23 heavy (non-hydrogen) atoms. The minimum absolute atomic E-state index is 0.140. The molecule has 0 atom stereocenters. The van der Waals surface area contributed by atoms with Crippen LogP contribution in [0.4, 0.5) is 0 Å². The summed E-state index contributed by atoms with van der Waals surface area (Å²) in [7, 11) is 0. The molecule has 3 aromatic rings. The number of hydrogen-bond donors (Lipinski definition) is 1. The second-order valence-corrected chi connectivity index (χ2v) is 5.45. The number of hydrogen-bond acceptors (Lipinski definition) is 3. The zero-order valence-electron chi connectivity index (χ0n) is 13.3. The monoisotopic (exact) mass is 305 g/mol. The summed E-state index contributed by atoms with van der Waals surface area (Å²) in [6, 6.07) is 16.1. The third-order valence-corrected chi connectivity index (χ3v) is 3.97. The van der Waals surface area contributed by atoms with Crippen molar-refractivity contribution in [2.45, 2.75) is 20.5 Å². The first-order valence-electron chi connectivity index (χ1n) is 7.56. The van der Waals surface area contributed by atoms with Gasteiger partial charge in [0, 0.05) is 0 Å². The number of rotatable bonds is 4. The Kier molecular flexibility index (Phi) is 4.35. The molecule has 2 aromatic carbocycles. The van der Waals surface area contributed by atoms with E-state index in [-0.39, 0.29) is 6.61 Å². The van der Waals surface area contributed by atoms with Crippen LogP contribution in [0.5, 0.6) is 0 Å². The van der Waals surface area contributed by atoms with Gasteiger partial charge < -0.3 is 5.11 Å². The van der Waals surface area contributed by atoms with Gasteiger partial charge in [-0.05, 0) is 42.7 Å². The fourth-order valence-electron chi connectivity index (χ4n) is 2.48. The van der Waals surface area contributed by atoms with Crippen LogP contribution >= 0.6 is 0 Å². The maximum atomic E-state index is 9.55. The van der Waals surface area contributed by atoms with E-state index < -0.39 is 0 Å². The minimum Gasteiger partial charge on any atom is -0.390 e. The first-order chi connectivity index (χ1) is 11.2. The highest BCUT2D eigenvalue weighted by molar-refractivity contribution is 5.70. The molecule has 0 aliphatic carbocycles. The Hall–Kier alpha value is -2.72. The largest absolute Gasteiger partial charge is 0.390 e. The molecule has 1 aromatic heterocycles. The van der Waals surface area contributed by atoms with Crippen LogP contribution in [0.1, 0.15) is 28.1 Å². The van der Waals surface area contributed by atoms with Crippen molar-refractivity contribution in [2.24, 2.45) is 0 Å². The van der Waals surface area contributed by atoms with E-state index in [0.717, 1.165) is 22.5 Å². The molecule has 0 aliphatic heterocycles. The predicted octanol–water partition coefficient (Wildman–Crippen LogP) is 3.55. The molecule has 4 nitrogen and oxygen atoms in total. The molecular weight excluding hydrogens is 286 g/mol. The SMILES string of the molecule is Cc1cccc(-n2nnc(CO)c2/C=C/c2ccccc2)c1C. The van der Waals surface area contributed by atoms with Crippen molar-refractivity contribution in [1.82, 2.24) is 15.0 Å². The Bertz CT molecular complexity index is 835. The summed E-state index contributed by atoms with van der Waals surface area (Å²) in [4.78, 5) is 0. The van der Waals surface area contributed by atoms with Gasteiger partial charge in [0.25, 0.3) is 0 Å². The van der Waals surface area contributed by atoms with Crippen molar-refractivity contribution in [3.8, 4) is 5.69 Å². The Morgan fingerprint density at radius 1 is 1.00 bits per heavy atom. The lowest BCUT2D eigenvalue weighted by Crippen LogP contribution is -2.03. The van der Waals surface area contributed by atoms with Gasteiger partial charge in [0.1, 0.15) is 5.69 Å². The molecule has 0 bridgehead atoms. The van der Waals surface area contributed by atoms with E-state index in [9.17, 15) is 5.11 Å². The third kappa shape index (κ3) is 3.07. The summed E-state index contributed by atoms with van der Waals surface area (Å²) in [6.07, 6.45) is 3.95. The summed E-state index contributed by atoms with van der Waals surface area (Å²) in [5, 5.41) is 17.9. The van der Waals surface area contributed by atoms with Gasteiger partial charge in [-0.2, -0.15) is 0 Å². The molecule has 0 amide bonds. The lowest BCUT2D eigenvalue weighted by Gasteiger charge is -2.10. The van der Waals surface area contributed by atoms with E-state index in [2.05, 4.69) is 30.2 Å². The van der Waals surface area contributed by atoms with Crippen molar-refractivity contribution in [1.29, 1.82) is 0 Å². The zero-order chi connectivity index (χ0) is 16.2. The van der Waals surface area contributed by atoms with E-state index in [1.807, 2.05) is 54.6 Å². The van der Waals surface area contributed by atoms with E-state index in [1.165, 1.54) is 5.56 Å². The molecule has 0 aliphatic rings. The number of aryl methyl sites for hydroxylation is 1. The minimum atomic E-state index is -0.140. The number of aliphatic hydroxyl groups excluding tert-OH is 1. The number of nitrogens with zero attached hydrogens (tertiary/aromatic N) is 3. The molecule has 0 radical (unpaired) electrons. The van der Waals surface area contributed by atoms with Crippen molar-refractivity contribution in [3.63, 3.8) is 0 Å². The van der Waals surface area contributed by atoms with Gasteiger partial charge in [-0.3, -0.25) is 0 Å². The molecule has 0 unspecified atom stereocenters. The number of aliphatic hydroxyl groups is 1. The van der Waals surface area contributed by atoms with Gasteiger partial charge in [-0.25, -0.2) is 4.68 Å². The highest BCUT2D eigenvalue weighted by Gasteiger charge is 2.13. The summed E-state index contributed by atoms with van der Waals surface area (Å²) < 4.78 is 1.79. The predicted molar refractivity (Wildman–Crippen MR) is 92.1 cm³/mol. The van der Waals surface area contributed by atoms with Gasteiger partial charge in [0.2, 0.25) is 0 Å². The lowest BCUT2D eigenvalue weighted by molar-refractivity contribution is 0.276. The quantitative estimate of drug-likeness (QED) is 0.802. The molecule has 1 heterocycles. The average Bonchev–Trinajstić information content (AvgIpc) is 2.99. The highest BCUT2D eigenvalue weighted by Crippen LogP contribution is 2.21. The van der Waals surface area contributed by atoms with Crippen LogP contribution in [0.25, 0.3) is 17.8 Å². The second kappa shape index (κ2) is 6.58. The van der Waals surface area contributed by atoms with Crippen LogP contribution in [-0.4, -0.2) is 20.1 Å². The molecule has 116 valence electrons. The van der Waals surface area contributed by atoms with Crippen molar-refractivity contribution < 1.29 is 5.11 Å². The van der Waals surface area contributed by atoms with E-state index >= 15 is 0 Å². The second-order valence-electron chi connectivity index (χ2n) is 5.45. The van der Waals surface area contributed by atoms with E-state index in [1.54, 1.807) is 4.68 Å². The summed E-state index contributed by atoms with van der Waals surface area (Å²) >= 11 is 0. The van der Waals surface area contributed by atoms with Crippen LogP contribution in [0, 0.1) is 13.8 Å². The maximum absolute atomic E-state index is 9.55. The topological polar surface area (TPSA) is 50.9 Å². The van der Waals surface area contributed by atoms with Gasteiger partial charge in [0.05, 0.1) is 18.0 Å². The molecular formula is C19H19N3O. The normalized spacial score (nSPS) is 11.3. The highest BCUT2D eigenvalue weighted by atomic mass is 16.3. The fraction of sp³-hybridized carbons (Fsp3) is 0.158. The van der Waals surface area contributed by atoms with Crippen LogP contribution in [0.3, 0.4) is 0 Å². The van der Waals surface area contributed by atoms with Crippen LogP contribution < -0.4 is 0 Å². The first kappa shape index (κ1) is 15.2. The summed E-state index contributed by atoms with van der Waals surface area (Å²) in [5.41, 5.74) is 5.77. The summed E-state index contributed by atoms with van der Waals surface area (Å²) in [5.74, 6) is 0. The van der Waals surface area contributed by atoms with E-state index in [4.69, 9.17) is 0 Å². The molecule has 4 heteroatoms. The zero-order valence-corrected chi connectivity index (χ0v) is 13.3. The maximum Gasteiger partial charge on any atom is 0.116 e. The van der Waals surface area contributed by atoms with Crippen molar-refractivity contribution in [3.05, 3.63) is 76.6 Å². The fourth-order valence-corrected chi connectivity index (χ4v) is 2.48. The average molecular weight is 305 g/mol. The Balaban J connectivity index is 2.08. The first-order valence-corrected chi connectivity index (χ1v) is 7.56. The Morgan fingerprint density at radius 3 is 2.52 bits per heavy atom. The molecule has 1 N–H and O–H groups in total. The van der Waals surface area contributed by atoms with Crippen LogP contribution in [0.2, 0.25) is 0 Å².